The van der Waals surface area contributed by atoms with Crippen molar-refractivity contribution >= 4 is 22.4 Å². The van der Waals surface area contributed by atoms with Crippen LogP contribution >= 0.6 is 11.3 Å². The summed E-state index contributed by atoms with van der Waals surface area (Å²) in [5, 5.41) is 5.52. The van der Waals surface area contributed by atoms with Gasteiger partial charge in [-0.15, -0.1) is 11.3 Å². The van der Waals surface area contributed by atoms with E-state index in [-0.39, 0.29) is 17.2 Å². The Morgan fingerprint density at radius 2 is 2.32 bits per heavy atom. The second kappa shape index (κ2) is 3.90. The summed E-state index contributed by atoms with van der Waals surface area (Å²) >= 11 is 1.47. The predicted molar refractivity (Wildman–Crippen MR) is 75.3 cm³/mol. The largest absolute Gasteiger partial charge is 0.302 e. The summed E-state index contributed by atoms with van der Waals surface area (Å²) < 4.78 is 0. The SMILES string of the molecule is O=C(Nc1nccs1)C1CC12CCc1ccccc12. The van der Waals surface area contributed by atoms with E-state index >= 15 is 0 Å². The van der Waals surface area contributed by atoms with Crippen LogP contribution < -0.4 is 5.32 Å². The minimum atomic E-state index is 0.123. The van der Waals surface area contributed by atoms with Gasteiger partial charge < -0.3 is 5.32 Å². The van der Waals surface area contributed by atoms with Gasteiger partial charge in [0.25, 0.3) is 0 Å². The number of rotatable bonds is 2. The standard InChI is InChI=1S/C15H14N2OS/c18-13(17-14-16-7-8-19-14)12-9-15(12)6-5-10-3-1-2-4-11(10)15/h1-4,7-8,12H,5-6,9H2,(H,16,17,18). The summed E-state index contributed by atoms with van der Waals surface area (Å²) in [6, 6.07) is 8.56. The maximum absolute atomic E-state index is 12.3. The number of carbonyl (C=O) groups is 1. The molecule has 0 saturated heterocycles. The highest BCUT2D eigenvalue weighted by molar-refractivity contribution is 7.13. The molecule has 2 aliphatic rings. The predicted octanol–water partition coefficient (Wildman–Crippen LogP) is 2.99. The molecule has 2 aromatic rings. The number of hydrogen-bond acceptors (Lipinski definition) is 3. The number of carbonyl (C=O) groups excluding carboxylic acids is 1. The fourth-order valence-electron chi connectivity index (χ4n) is 3.42. The Morgan fingerprint density at radius 1 is 1.42 bits per heavy atom. The molecule has 19 heavy (non-hydrogen) atoms. The van der Waals surface area contributed by atoms with Gasteiger partial charge in [-0.3, -0.25) is 4.79 Å². The van der Waals surface area contributed by atoms with Gasteiger partial charge in [0.05, 0.1) is 0 Å². The van der Waals surface area contributed by atoms with Crippen LogP contribution in [-0.2, 0) is 16.6 Å². The molecule has 2 unspecified atom stereocenters. The molecule has 0 radical (unpaired) electrons. The van der Waals surface area contributed by atoms with E-state index in [1.54, 1.807) is 6.20 Å². The highest BCUT2D eigenvalue weighted by Gasteiger charge is 2.61. The van der Waals surface area contributed by atoms with Crippen LogP contribution in [0.1, 0.15) is 24.0 Å². The van der Waals surface area contributed by atoms with E-state index in [0.717, 1.165) is 19.3 Å². The van der Waals surface area contributed by atoms with E-state index in [0.29, 0.717) is 5.13 Å². The number of benzene rings is 1. The molecule has 2 atom stereocenters. The van der Waals surface area contributed by atoms with Gasteiger partial charge in [0.15, 0.2) is 5.13 Å². The molecule has 3 nitrogen and oxygen atoms in total. The van der Waals surface area contributed by atoms with Crippen molar-refractivity contribution in [1.29, 1.82) is 0 Å². The zero-order chi connectivity index (χ0) is 12.9. The van der Waals surface area contributed by atoms with Crippen molar-refractivity contribution in [3.63, 3.8) is 0 Å². The number of aromatic nitrogens is 1. The van der Waals surface area contributed by atoms with Gasteiger partial charge in [-0.1, -0.05) is 24.3 Å². The zero-order valence-electron chi connectivity index (χ0n) is 10.4. The maximum atomic E-state index is 12.3. The molecule has 1 fully saturated rings. The van der Waals surface area contributed by atoms with Gasteiger partial charge in [-0.05, 0) is 30.4 Å². The van der Waals surface area contributed by atoms with Gasteiger partial charge in [-0.25, -0.2) is 4.98 Å². The summed E-state index contributed by atoms with van der Waals surface area (Å²) in [6.07, 6.45) is 4.93. The van der Waals surface area contributed by atoms with Crippen molar-refractivity contribution in [3.8, 4) is 0 Å². The molecule has 1 amide bonds. The van der Waals surface area contributed by atoms with E-state index < -0.39 is 0 Å². The van der Waals surface area contributed by atoms with Crippen LogP contribution in [0.3, 0.4) is 0 Å². The Balaban J connectivity index is 1.56. The number of anilines is 1. The molecule has 2 aliphatic carbocycles. The Kier molecular flexibility index (Phi) is 2.30. The Bertz CT molecular complexity index is 637. The minimum absolute atomic E-state index is 0.123. The van der Waals surface area contributed by atoms with Crippen LogP contribution in [0.5, 0.6) is 0 Å². The monoisotopic (exact) mass is 270 g/mol. The van der Waals surface area contributed by atoms with Crippen LogP contribution in [-0.4, -0.2) is 10.9 Å². The number of aryl methyl sites for hydroxylation is 1. The zero-order valence-corrected chi connectivity index (χ0v) is 11.2. The summed E-state index contributed by atoms with van der Waals surface area (Å²) in [4.78, 5) is 16.4. The molecule has 1 saturated carbocycles. The van der Waals surface area contributed by atoms with Gasteiger partial charge >= 0.3 is 0 Å². The Labute approximate surface area is 115 Å². The quantitative estimate of drug-likeness (QED) is 0.911. The minimum Gasteiger partial charge on any atom is -0.302 e. The molecule has 0 aliphatic heterocycles. The highest BCUT2D eigenvalue weighted by atomic mass is 32.1. The van der Waals surface area contributed by atoms with E-state index in [1.165, 1.54) is 22.5 Å². The molecule has 1 spiro atoms. The summed E-state index contributed by atoms with van der Waals surface area (Å²) in [5.41, 5.74) is 2.94. The fourth-order valence-corrected chi connectivity index (χ4v) is 3.95. The molecule has 4 rings (SSSR count). The molecular weight excluding hydrogens is 256 g/mol. The summed E-state index contributed by atoms with van der Waals surface area (Å²) in [5.74, 6) is 0.256. The second-order valence-corrected chi connectivity index (χ2v) is 6.29. The number of nitrogens with zero attached hydrogens (tertiary/aromatic N) is 1. The second-order valence-electron chi connectivity index (χ2n) is 5.40. The number of hydrogen-bond donors (Lipinski definition) is 1. The smallest absolute Gasteiger partial charge is 0.230 e. The average molecular weight is 270 g/mol. The van der Waals surface area contributed by atoms with Gasteiger partial charge in [0, 0.05) is 22.9 Å². The molecule has 4 heteroatoms. The van der Waals surface area contributed by atoms with Gasteiger partial charge in [0.1, 0.15) is 0 Å². The topological polar surface area (TPSA) is 42.0 Å². The Hall–Kier alpha value is -1.68. The van der Waals surface area contributed by atoms with Crippen molar-refractivity contribution in [2.45, 2.75) is 24.7 Å². The first-order chi connectivity index (χ1) is 9.29. The number of amides is 1. The molecule has 1 heterocycles. The third kappa shape index (κ3) is 1.63. The third-order valence-corrected chi connectivity index (χ3v) is 5.14. The normalized spacial score (nSPS) is 27.3. The lowest BCUT2D eigenvalue weighted by Gasteiger charge is -2.10. The van der Waals surface area contributed by atoms with E-state index in [1.807, 2.05) is 5.38 Å². The van der Waals surface area contributed by atoms with Gasteiger partial charge in [-0.2, -0.15) is 0 Å². The first-order valence-corrected chi connectivity index (χ1v) is 7.46. The number of nitrogens with one attached hydrogen (secondary N) is 1. The maximum Gasteiger partial charge on any atom is 0.230 e. The summed E-state index contributed by atoms with van der Waals surface area (Å²) in [6.45, 7) is 0. The lowest BCUT2D eigenvalue weighted by Crippen LogP contribution is -2.19. The van der Waals surface area contributed by atoms with E-state index in [4.69, 9.17) is 0 Å². The molecule has 1 N–H and O–H groups in total. The fraction of sp³-hybridized carbons (Fsp3) is 0.333. The van der Waals surface area contributed by atoms with Crippen LogP contribution in [0.4, 0.5) is 5.13 Å². The molecule has 96 valence electrons. The van der Waals surface area contributed by atoms with Crippen LogP contribution in [0, 0.1) is 5.92 Å². The van der Waals surface area contributed by atoms with Crippen molar-refractivity contribution in [3.05, 3.63) is 47.0 Å². The Morgan fingerprint density at radius 3 is 3.16 bits per heavy atom. The van der Waals surface area contributed by atoms with E-state index in [2.05, 4.69) is 34.6 Å². The number of thiazole rings is 1. The third-order valence-electron chi connectivity index (χ3n) is 4.45. The first-order valence-electron chi connectivity index (χ1n) is 6.58. The lowest BCUT2D eigenvalue weighted by molar-refractivity contribution is -0.117. The average Bonchev–Trinajstić information content (AvgIpc) is 2.76. The van der Waals surface area contributed by atoms with Crippen LogP contribution in [0.2, 0.25) is 0 Å². The van der Waals surface area contributed by atoms with Crippen LogP contribution in [0.25, 0.3) is 0 Å². The van der Waals surface area contributed by atoms with Crippen molar-refractivity contribution < 1.29 is 4.79 Å². The molecular formula is C15H14N2OS. The highest BCUT2D eigenvalue weighted by Crippen LogP contribution is 2.61. The lowest BCUT2D eigenvalue weighted by atomic mass is 9.95. The van der Waals surface area contributed by atoms with Gasteiger partial charge in [0.2, 0.25) is 5.91 Å². The summed E-state index contributed by atoms with van der Waals surface area (Å²) in [7, 11) is 0. The van der Waals surface area contributed by atoms with Crippen molar-refractivity contribution in [2.24, 2.45) is 5.92 Å². The molecule has 0 bridgehead atoms. The molecule has 1 aromatic carbocycles. The molecule has 1 aromatic heterocycles. The van der Waals surface area contributed by atoms with Crippen LogP contribution in [0.15, 0.2) is 35.8 Å². The number of fused-ring (bicyclic) bond motifs is 2. The first kappa shape index (κ1) is 11.2. The van der Waals surface area contributed by atoms with Crippen molar-refractivity contribution in [1.82, 2.24) is 4.98 Å². The van der Waals surface area contributed by atoms with E-state index in [9.17, 15) is 4.79 Å². The van der Waals surface area contributed by atoms with Crippen molar-refractivity contribution in [2.75, 3.05) is 5.32 Å².